The summed E-state index contributed by atoms with van der Waals surface area (Å²) in [5, 5.41) is 0. The number of hydrogen-bond donors (Lipinski definition) is 1. The SMILES string of the molecule is CCCCCCCCCCCC(CCCC)(CCCC)c1ccccc1S(=O)(=O)O. The first-order valence-electron chi connectivity index (χ1n) is 12.5. The van der Waals surface area contributed by atoms with Gasteiger partial charge in [-0.1, -0.05) is 122 Å². The van der Waals surface area contributed by atoms with E-state index < -0.39 is 10.1 Å². The molecule has 0 atom stereocenters. The van der Waals surface area contributed by atoms with Crippen LogP contribution in [-0.4, -0.2) is 13.0 Å². The Morgan fingerprint density at radius 1 is 0.667 bits per heavy atom. The molecule has 30 heavy (non-hydrogen) atoms. The van der Waals surface area contributed by atoms with Crippen LogP contribution < -0.4 is 0 Å². The maximum Gasteiger partial charge on any atom is 0.294 e. The minimum atomic E-state index is -4.22. The molecule has 0 fully saturated rings. The zero-order valence-electron chi connectivity index (χ0n) is 19.8. The minimum Gasteiger partial charge on any atom is -0.282 e. The van der Waals surface area contributed by atoms with Crippen molar-refractivity contribution in [3.05, 3.63) is 29.8 Å². The predicted molar refractivity (Wildman–Crippen MR) is 129 cm³/mol. The van der Waals surface area contributed by atoms with Gasteiger partial charge in [-0.25, -0.2) is 0 Å². The number of benzene rings is 1. The van der Waals surface area contributed by atoms with Crippen molar-refractivity contribution in [3.63, 3.8) is 0 Å². The van der Waals surface area contributed by atoms with Crippen LogP contribution in [0.4, 0.5) is 0 Å². The Balaban J connectivity index is 2.89. The molecule has 3 nitrogen and oxygen atoms in total. The highest BCUT2D eigenvalue weighted by atomic mass is 32.2. The van der Waals surface area contributed by atoms with Crippen molar-refractivity contribution in [1.29, 1.82) is 0 Å². The molecule has 1 rings (SSSR count). The smallest absolute Gasteiger partial charge is 0.282 e. The Bertz CT molecular complexity index is 659. The lowest BCUT2D eigenvalue weighted by atomic mass is 9.69. The molecule has 1 N–H and O–H groups in total. The first-order chi connectivity index (χ1) is 14.4. The Morgan fingerprint density at radius 3 is 1.60 bits per heavy atom. The van der Waals surface area contributed by atoms with Crippen molar-refractivity contribution in [1.82, 2.24) is 0 Å². The normalized spacial score (nSPS) is 12.4. The van der Waals surface area contributed by atoms with Crippen LogP contribution >= 0.6 is 0 Å². The third kappa shape index (κ3) is 9.51. The average molecular weight is 439 g/mol. The molecule has 174 valence electrons. The number of rotatable bonds is 18. The van der Waals surface area contributed by atoms with Crippen LogP contribution in [0, 0.1) is 0 Å². The van der Waals surface area contributed by atoms with Gasteiger partial charge in [-0.3, -0.25) is 4.55 Å². The monoisotopic (exact) mass is 438 g/mol. The van der Waals surface area contributed by atoms with Gasteiger partial charge in [0.1, 0.15) is 0 Å². The van der Waals surface area contributed by atoms with Gasteiger partial charge in [0.25, 0.3) is 10.1 Å². The lowest BCUT2D eigenvalue weighted by molar-refractivity contribution is 0.299. The van der Waals surface area contributed by atoms with Crippen LogP contribution in [0.3, 0.4) is 0 Å². The molecule has 0 spiro atoms. The molecule has 0 bridgehead atoms. The van der Waals surface area contributed by atoms with Gasteiger partial charge in [-0.15, -0.1) is 0 Å². The Hall–Kier alpha value is -0.870. The summed E-state index contributed by atoms with van der Waals surface area (Å²) >= 11 is 0. The van der Waals surface area contributed by atoms with Crippen molar-refractivity contribution >= 4 is 10.1 Å². The van der Waals surface area contributed by atoms with Gasteiger partial charge >= 0.3 is 0 Å². The van der Waals surface area contributed by atoms with Gasteiger partial charge in [0.15, 0.2) is 0 Å². The second kappa shape index (κ2) is 15.0. The molecular weight excluding hydrogens is 392 g/mol. The highest BCUT2D eigenvalue weighted by Gasteiger charge is 2.35. The average Bonchev–Trinajstić information content (AvgIpc) is 2.73. The quantitative estimate of drug-likeness (QED) is 0.185. The molecule has 0 aliphatic heterocycles. The van der Waals surface area contributed by atoms with E-state index in [0.717, 1.165) is 56.9 Å². The molecule has 0 saturated heterocycles. The molecule has 1 aromatic rings. The molecule has 0 saturated carbocycles. The number of unbranched alkanes of at least 4 members (excludes halogenated alkanes) is 10. The molecule has 0 aliphatic rings. The topological polar surface area (TPSA) is 54.4 Å². The van der Waals surface area contributed by atoms with Gasteiger partial charge in [0.05, 0.1) is 4.90 Å². The molecule has 0 unspecified atom stereocenters. The Kier molecular flexibility index (Phi) is 13.6. The summed E-state index contributed by atoms with van der Waals surface area (Å²) in [6.45, 7) is 6.64. The van der Waals surface area contributed by atoms with Gasteiger partial charge in [0.2, 0.25) is 0 Å². The summed E-state index contributed by atoms with van der Waals surface area (Å²) in [4.78, 5) is 0.119. The van der Waals surface area contributed by atoms with Crippen molar-refractivity contribution in [2.75, 3.05) is 0 Å². The summed E-state index contributed by atoms with van der Waals surface area (Å²) in [6.07, 6.45) is 19.0. The summed E-state index contributed by atoms with van der Waals surface area (Å²) in [6, 6.07) is 7.16. The largest absolute Gasteiger partial charge is 0.294 e. The fourth-order valence-electron chi connectivity index (χ4n) is 4.71. The Morgan fingerprint density at radius 2 is 1.10 bits per heavy atom. The predicted octanol–water partition coefficient (Wildman–Crippen LogP) is 8.47. The lowest BCUT2D eigenvalue weighted by Gasteiger charge is -2.36. The van der Waals surface area contributed by atoms with E-state index in [0.29, 0.717) is 0 Å². The van der Waals surface area contributed by atoms with Gasteiger partial charge < -0.3 is 0 Å². The lowest BCUT2D eigenvalue weighted by Crippen LogP contribution is -2.29. The molecule has 1 aromatic carbocycles. The molecule has 4 heteroatoms. The molecule has 0 heterocycles. The molecule has 0 aliphatic carbocycles. The zero-order chi connectivity index (χ0) is 22.3. The van der Waals surface area contributed by atoms with Crippen LogP contribution in [-0.2, 0) is 15.5 Å². The molecule has 0 radical (unpaired) electrons. The molecule has 0 aromatic heterocycles. The summed E-state index contributed by atoms with van der Waals surface area (Å²) in [7, 11) is -4.22. The van der Waals surface area contributed by atoms with E-state index in [9.17, 15) is 13.0 Å². The number of hydrogen-bond acceptors (Lipinski definition) is 2. The standard InChI is InChI=1S/C26H46O3S/c1-4-7-10-11-12-13-14-15-18-23-26(21-8-5-2,22-9-6-3)24-19-16-17-20-25(24)30(27,28)29/h16-17,19-20H,4-15,18,21-23H2,1-3H3,(H,27,28,29). The molecular formula is C26H46O3S. The van der Waals surface area contributed by atoms with E-state index in [1.54, 1.807) is 12.1 Å². The Labute approximate surface area is 186 Å². The van der Waals surface area contributed by atoms with E-state index >= 15 is 0 Å². The van der Waals surface area contributed by atoms with E-state index in [1.807, 2.05) is 12.1 Å². The van der Waals surface area contributed by atoms with Crippen LogP contribution in [0.15, 0.2) is 29.2 Å². The van der Waals surface area contributed by atoms with Crippen LogP contribution in [0.5, 0.6) is 0 Å². The van der Waals surface area contributed by atoms with Gasteiger partial charge in [-0.2, -0.15) is 8.42 Å². The van der Waals surface area contributed by atoms with E-state index in [1.165, 1.54) is 51.4 Å². The van der Waals surface area contributed by atoms with E-state index in [2.05, 4.69) is 20.8 Å². The van der Waals surface area contributed by atoms with Gasteiger partial charge in [-0.05, 0) is 36.3 Å². The van der Waals surface area contributed by atoms with Crippen LogP contribution in [0.2, 0.25) is 0 Å². The minimum absolute atomic E-state index is 0.119. The van der Waals surface area contributed by atoms with Crippen molar-refractivity contribution in [2.24, 2.45) is 0 Å². The molecule has 0 amide bonds. The zero-order valence-corrected chi connectivity index (χ0v) is 20.6. The first-order valence-corrected chi connectivity index (χ1v) is 13.9. The van der Waals surface area contributed by atoms with Crippen LogP contribution in [0.1, 0.15) is 129 Å². The first kappa shape index (κ1) is 27.2. The van der Waals surface area contributed by atoms with Gasteiger partial charge in [0, 0.05) is 0 Å². The maximum atomic E-state index is 12.1. The van der Waals surface area contributed by atoms with Crippen molar-refractivity contribution in [2.45, 2.75) is 134 Å². The highest BCUT2D eigenvalue weighted by molar-refractivity contribution is 7.85. The van der Waals surface area contributed by atoms with E-state index in [-0.39, 0.29) is 10.3 Å². The summed E-state index contributed by atoms with van der Waals surface area (Å²) in [5.41, 5.74) is 0.688. The maximum absolute atomic E-state index is 12.1. The summed E-state index contributed by atoms with van der Waals surface area (Å²) in [5.74, 6) is 0. The third-order valence-electron chi connectivity index (χ3n) is 6.51. The van der Waals surface area contributed by atoms with Crippen molar-refractivity contribution in [3.8, 4) is 0 Å². The second-order valence-corrected chi connectivity index (χ2v) is 10.4. The van der Waals surface area contributed by atoms with E-state index in [4.69, 9.17) is 0 Å². The summed E-state index contributed by atoms with van der Waals surface area (Å²) < 4.78 is 34.1. The highest BCUT2D eigenvalue weighted by Crippen LogP contribution is 2.43. The fourth-order valence-corrected chi connectivity index (χ4v) is 5.53. The second-order valence-electron chi connectivity index (χ2n) is 9.04. The fraction of sp³-hybridized carbons (Fsp3) is 0.769. The van der Waals surface area contributed by atoms with Crippen molar-refractivity contribution < 1.29 is 13.0 Å². The van der Waals surface area contributed by atoms with Crippen LogP contribution in [0.25, 0.3) is 0 Å². The third-order valence-corrected chi connectivity index (χ3v) is 7.42.